The standard InChI is InChI=1S/C26H22F2N4O5S/c27-17-4-3-16(22-23(17)38-11-29-22)14-7-15(8-14)30-26(36)37-10-13-2-1-12-9-32(25(35)20(12)21(13)28)18-5-6-19(33)31-24(18)34/h1-4,11,14-15,18H,5-10H2,(H,30,36)(H,31,33,34). The maximum absolute atomic E-state index is 15.2. The normalized spacial score (nSPS) is 22.7. The summed E-state index contributed by atoms with van der Waals surface area (Å²) in [7, 11) is 0. The molecule has 1 saturated heterocycles. The van der Waals surface area contributed by atoms with Gasteiger partial charge in [0.25, 0.3) is 5.91 Å². The highest BCUT2D eigenvalue weighted by Crippen LogP contribution is 2.41. The van der Waals surface area contributed by atoms with E-state index < -0.39 is 35.7 Å². The molecule has 2 aromatic carbocycles. The molecule has 196 valence electrons. The van der Waals surface area contributed by atoms with Crippen molar-refractivity contribution in [1.29, 1.82) is 0 Å². The topological polar surface area (TPSA) is 118 Å². The zero-order chi connectivity index (χ0) is 26.6. The summed E-state index contributed by atoms with van der Waals surface area (Å²) in [5.74, 6) is -2.55. The van der Waals surface area contributed by atoms with Gasteiger partial charge in [0.2, 0.25) is 11.8 Å². The molecule has 1 atom stereocenters. The number of piperidine rings is 1. The largest absolute Gasteiger partial charge is 0.445 e. The molecule has 9 nitrogen and oxygen atoms in total. The number of carbonyl (C=O) groups excluding carboxylic acids is 4. The van der Waals surface area contributed by atoms with Crippen LogP contribution in [0.3, 0.4) is 0 Å². The summed E-state index contributed by atoms with van der Waals surface area (Å²) in [5.41, 5.74) is 3.54. The van der Waals surface area contributed by atoms with Gasteiger partial charge in [-0.05, 0) is 42.4 Å². The van der Waals surface area contributed by atoms with Gasteiger partial charge in [-0.3, -0.25) is 19.7 Å². The molecule has 4 amide bonds. The van der Waals surface area contributed by atoms with E-state index in [0.717, 1.165) is 5.56 Å². The number of nitrogens with zero attached hydrogens (tertiary/aromatic N) is 2. The molecule has 1 aromatic heterocycles. The van der Waals surface area contributed by atoms with E-state index >= 15 is 4.39 Å². The van der Waals surface area contributed by atoms with Crippen LogP contribution in [0, 0.1) is 11.6 Å². The third kappa shape index (κ3) is 4.18. The Balaban J connectivity index is 1.04. The monoisotopic (exact) mass is 540 g/mol. The summed E-state index contributed by atoms with van der Waals surface area (Å²) in [5, 5.41) is 4.97. The number of aromatic nitrogens is 1. The van der Waals surface area contributed by atoms with Gasteiger partial charge < -0.3 is 15.0 Å². The summed E-state index contributed by atoms with van der Waals surface area (Å²) < 4.78 is 34.9. The minimum Gasteiger partial charge on any atom is -0.445 e. The van der Waals surface area contributed by atoms with Gasteiger partial charge in [0.1, 0.15) is 24.3 Å². The highest BCUT2D eigenvalue weighted by molar-refractivity contribution is 7.16. The van der Waals surface area contributed by atoms with Crippen LogP contribution in [0.1, 0.15) is 58.6 Å². The fourth-order valence-corrected chi connectivity index (χ4v) is 6.10. The second kappa shape index (κ2) is 9.43. The van der Waals surface area contributed by atoms with Crippen molar-refractivity contribution in [3.8, 4) is 0 Å². The molecule has 38 heavy (non-hydrogen) atoms. The zero-order valence-electron chi connectivity index (χ0n) is 20.0. The number of benzene rings is 2. The Morgan fingerprint density at radius 1 is 1.18 bits per heavy atom. The number of hydrogen-bond donors (Lipinski definition) is 2. The van der Waals surface area contributed by atoms with E-state index in [4.69, 9.17) is 4.74 Å². The van der Waals surface area contributed by atoms with Gasteiger partial charge in [0, 0.05) is 24.6 Å². The molecule has 6 rings (SSSR count). The van der Waals surface area contributed by atoms with Gasteiger partial charge in [0.05, 0.1) is 21.3 Å². The van der Waals surface area contributed by atoms with Crippen LogP contribution >= 0.6 is 11.3 Å². The average molecular weight is 541 g/mol. The quantitative estimate of drug-likeness (QED) is 0.479. The van der Waals surface area contributed by atoms with Crippen molar-refractivity contribution in [2.45, 2.75) is 56.8 Å². The van der Waals surface area contributed by atoms with Gasteiger partial charge in [0.15, 0.2) is 0 Å². The second-order valence-electron chi connectivity index (χ2n) is 9.73. The minimum absolute atomic E-state index is 0.0427. The number of imide groups is 1. The highest BCUT2D eigenvalue weighted by Gasteiger charge is 2.41. The van der Waals surface area contributed by atoms with Crippen molar-refractivity contribution in [1.82, 2.24) is 20.5 Å². The lowest BCUT2D eigenvalue weighted by Crippen LogP contribution is -2.52. The van der Waals surface area contributed by atoms with E-state index in [2.05, 4.69) is 15.6 Å². The SMILES string of the molecule is O=C1CCC(N2Cc3ccc(COC(=O)NC4CC(c5ccc(F)c6scnc56)C4)c(F)c3C2=O)C(=O)N1. The van der Waals surface area contributed by atoms with Gasteiger partial charge in [-0.15, -0.1) is 11.3 Å². The smallest absolute Gasteiger partial charge is 0.407 e. The lowest BCUT2D eigenvalue weighted by Gasteiger charge is -2.35. The molecular weight excluding hydrogens is 518 g/mol. The summed E-state index contributed by atoms with van der Waals surface area (Å²) in [6.45, 7) is -0.312. The third-order valence-electron chi connectivity index (χ3n) is 7.44. The molecule has 3 aromatic rings. The van der Waals surface area contributed by atoms with Gasteiger partial charge in [-0.1, -0.05) is 18.2 Å². The number of alkyl carbamates (subject to hydrolysis) is 1. The van der Waals surface area contributed by atoms with E-state index in [0.29, 0.717) is 28.6 Å². The van der Waals surface area contributed by atoms with Crippen molar-refractivity contribution in [2.75, 3.05) is 0 Å². The van der Waals surface area contributed by atoms with Crippen LogP contribution in [-0.4, -0.2) is 45.8 Å². The van der Waals surface area contributed by atoms with Crippen LogP contribution in [0.4, 0.5) is 13.6 Å². The molecule has 0 bridgehead atoms. The molecule has 3 aliphatic rings. The fraction of sp³-hybridized carbons (Fsp3) is 0.346. The second-order valence-corrected chi connectivity index (χ2v) is 10.6. The number of rotatable bonds is 5. The average Bonchev–Trinajstić information content (AvgIpc) is 3.48. The molecule has 1 unspecified atom stereocenters. The van der Waals surface area contributed by atoms with Crippen molar-refractivity contribution in [3.05, 3.63) is 63.7 Å². The van der Waals surface area contributed by atoms with E-state index in [1.54, 1.807) is 17.6 Å². The molecule has 1 aliphatic carbocycles. The lowest BCUT2D eigenvalue weighted by atomic mass is 9.75. The first-order chi connectivity index (χ1) is 18.3. The van der Waals surface area contributed by atoms with Crippen molar-refractivity contribution < 1.29 is 32.7 Å². The van der Waals surface area contributed by atoms with Crippen LogP contribution in [-0.2, 0) is 27.5 Å². The van der Waals surface area contributed by atoms with E-state index in [1.165, 1.54) is 28.4 Å². The first kappa shape index (κ1) is 24.4. The Labute approximate surface area is 219 Å². The van der Waals surface area contributed by atoms with E-state index in [-0.39, 0.29) is 54.9 Å². The van der Waals surface area contributed by atoms with Crippen molar-refractivity contribution >= 4 is 45.4 Å². The predicted molar refractivity (Wildman–Crippen MR) is 131 cm³/mol. The van der Waals surface area contributed by atoms with Crippen molar-refractivity contribution in [2.24, 2.45) is 0 Å². The number of hydrogen-bond acceptors (Lipinski definition) is 7. The summed E-state index contributed by atoms with van der Waals surface area (Å²) >= 11 is 1.25. The Bertz CT molecular complexity index is 1500. The summed E-state index contributed by atoms with van der Waals surface area (Å²) in [6, 6.07) is 5.22. The molecule has 1 saturated carbocycles. The molecular formula is C26H22F2N4O5S. The van der Waals surface area contributed by atoms with Crippen LogP contribution in [0.5, 0.6) is 0 Å². The molecule has 12 heteroatoms. The predicted octanol–water partition coefficient (Wildman–Crippen LogP) is 3.51. The van der Waals surface area contributed by atoms with Crippen LogP contribution < -0.4 is 10.6 Å². The molecule has 0 radical (unpaired) electrons. The number of amides is 4. The van der Waals surface area contributed by atoms with E-state index in [1.807, 2.05) is 0 Å². The number of fused-ring (bicyclic) bond motifs is 2. The number of halogens is 2. The Kier molecular flexibility index (Phi) is 6.05. The lowest BCUT2D eigenvalue weighted by molar-refractivity contribution is -0.136. The van der Waals surface area contributed by atoms with Gasteiger partial charge >= 0.3 is 6.09 Å². The third-order valence-corrected chi connectivity index (χ3v) is 8.27. The Morgan fingerprint density at radius 2 is 2.00 bits per heavy atom. The number of nitrogens with one attached hydrogen (secondary N) is 2. The van der Waals surface area contributed by atoms with Gasteiger partial charge in [-0.2, -0.15) is 0 Å². The molecule has 2 N–H and O–H groups in total. The zero-order valence-corrected chi connectivity index (χ0v) is 20.8. The highest BCUT2D eigenvalue weighted by atomic mass is 32.1. The first-order valence-electron chi connectivity index (χ1n) is 12.2. The number of thiazole rings is 1. The van der Waals surface area contributed by atoms with Crippen LogP contribution in [0.25, 0.3) is 10.2 Å². The van der Waals surface area contributed by atoms with E-state index in [9.17, 15) is 23.6 Å². The summed E-state index contributed by atoms with van der Waals surface area (Å²) in [4.78, 5) is 54.4. The molecule has 2 fully saturated rings. The maximum atomic E-state index is 15.2. The van der Waals surface area contributed by atoms with Crippen LogP contribution in [0.2, 0.25) is 0 Å². The summed E-state index contributed by atoms with van der Waals surface area (Å²) in [6.07, 6.45) is 0.868. The Hall–Kier alpha value is -3.93. The van der Waals surface area contributed by atoms with Gasteiger partial charge in [-0.25, -0.2) is 18.6 Å². The molecule has 3 heterocycles. The molecule has 2 aliphatic heterocycles. The Morgan fingerprint density at radius 3 is 2.79 bits per heavy atom. The molecule has 0 spiro atoms. The van der Waals surface area contributed by atoms with Crippen LogP contribution in [0.15, 0.2) is 29.8 Å². The van der Waals surface area contributed by atoms with Crippen molar-refractivity contribution in [3.63, 3.8) is 0 Å². The fourth-order valence-electron chi connectivity index (χ4n) is 5.37. The maximum Gasteiger partial charge on any atom is 0.407 e. The number of carbonyl (C=O) groups is 4. The number of ether oxygens (including phenoxy) is 1. The first-order valence-corrected chi connectivity index (χ1v) is 13.1. The minimum atomic E-state index is -0.842.